The van der Waals surface area contributed by atoms with Gasteiger partial charge in [-0.1, -0.05) is 6.07 Å². The summed E-state index contributed by atoms with van der Waals surface area (Å²) in [7, 11) is 0. The second kappa shape index (κ2) is 5.81. The van der Waals surface area contributed by atoms with Crippen molar-refractivity contribution in [3.8, 4) is 5.75 Å². The van der Waals surface area contributed by atoms with Gasteiger partial charge < -0.3 is 20.1 Å². The molecule has 1 aliphatic heterocycles. The first-order valence-electron chi connectivity index (χ1n) is 7.11. The van der Waals surface area contributed by atoms with Crippen molar-refractivity contribution < 1.29 is 14.3 Å². The van der Waals surface area contributed by atoms with E-state index in [2.05, 4.69) is 0 Å². The fraction of sp³-hybridized carbons (Fsp3) is 0.533. The molecule has 1 amide bonds. The van der Waals surface area contributed by atoms with E-state index in [0.717, 1.165) is 18.6 Å². The molecule has 5 heteroatoms. The van der Waals surface area contributed by atoms with Gasteiger partial charge in [-0.25, -0.2) is 0 Å². The number of hydrogen-bond donors (Lipinski definition) is 1. The van der Waals surface area contributed by atoms with Crippen LogP contribution in [0.2, 0.25) is 0 Å². The van der Waals surface area contributed by atoms with Gasteiger partial charge in [0.05, 0.1) is 13.2 Å². The maximum atomic E-state index is 12.0. The minimum Gasteiger partial charge on any atom is -0.484 e. The Labute approximate surface area is 118 Å². The fourth-order valence-electron chi connectivity index (χ4n) is 2.77. The average molecular weight is 276 g/mol. The lowest BCUT2D eigenvalue weighted by molar-refractivity contribution is -0.137. The zero-order valence-corrected chi connectivity index (χ0v) is 11.5. The molecule has 1 atom stereocenters. The summed E-state index contributed by atoms with van der Waals surface area (Å²) >= 11 is 0. The van der Waals surface area contributed by atoms with Gasteiger partial charge in [0.25, 0.3) is 5.91 Å². The zero-order valence-electron chi connectivity index (χ0n) is 11.5. The molecule has 5 nitrogen and oxygen atoms in total. The summed E-state index contributed by atoms with van der Waals surface area (Å²) in [5.74, 6) is 0.768. The molecule has 0 radical (unpaired) electrons. The molecule has 2 aliphatic rings. The fourth-order valence-corrected chi connectivity index (χ4v) is 2.77. The zero-order chi connectivity index (χ0) is 13.9. The summed E-state index contributed by atoms with van der Waals surface area (Å²) < 4.78 is 10.8. The number of fused-ring (bicyclic) bond motifs is 1. The van der Waals surface area contributed by atoms with Crippen LogP contribution in [0.15, 0.2) is 18.2 Å². The molecule has 1 heterocycles. The number of carbonyl (C=O) groups excluding carboxylic acids is 1. The van der Waals surface area contributed by atoms with E-state index in [9.17, 15) is 4.79 Å². The lowest BCUT2D eigenvalue weighted by Gasteiger charge is -2.26. The number of amides is 1. The summed E-state index contributed by atoms with van der Waals surface area (Å²) in [4.78, 5) is 13.8. The molecule has 1 aromatic carbocycles. The van der Waals surface area contributed by atoms with Crippen molar-refractivity contribution in [3.63, 3.8) is 0 Å². The first-order valence-corrected chi connectivity index (χ1v) is 7.11. The van der Waals surface area contributed by atoms with Crippen LogP contribution < -0.4 is 10.5 Å². The van der Waals surface area contributed by atoms with Gasteiger partial charge in [0.2, 0.25) is 0 Å². The van der Waals surface area contributed by atoms with E-state index < -0.39 is 0 Å². The van der Waals surface area contributed by atoms with Crippen molar-refractivity contribution in [2.24, 2.45) is 5.73 Å². The molecular formula is C15H20N2O3. The molecule has 0 bridgehead atoms. The number of benzene rings is 1. The van der Waals surface area contributed by atoms with Crippen LogP contribution in [0.3, 0.4) is 0 Å². The summed E-state index contributed by atoms with van der Waals surface area (Å²) in [5, 5.41) is 0. The maximum absolute atomic E-state index is 12.0. The van der Waals surface area contributed by atoms with Crippen LogP contribution in [0.1, 0.15) is 23.6 Å². The molecule has 3 rings (SSSR count). The number of aryl methyl sites for hydroxylation is 1. The lowest BCUT2D eigenvalue weighted by atomic mass is 10.1. The Hall–Kier alpha value is -1.59. The summed E-state index contributed by atoms with van der Waals surface area (Å²) in [6.07, 6.45) is 1.98. The monoisotopic (exact) mass is 276 g/mol. The first kappa shape index (κ1) is 13.4. The van der Waals surface area contributed by atoms with Crippen LogP contribution in [-0.4, -0.2) is 43.7 Å². The van der Waals surface area contributed by atoms with Crippen molar-refractivity contribution in [2.75, 3.05) is 32.9 Å². The molecule has 2 N–H and O–H groups in total. The van der Waals surface area contributed by atoms with Gasteiger partial charge in [-0.05, 0) is 36.1 Å². The largest absolute Gasteiger partial charge is 0.484 e. The van der Waals surface area contributed by atoms with E-state index in [1.807, 2.05) is 18.2 Å². The van der Waals surface area contributed by atoms with Crippen LogP contribution >= 0.6 is 0 Å². The Bertz CT molecular complexity index is 498. The van der Waals surface area contributed by atoms with Crippen molar-refractivity contribution in [1.82, 2.24) is 4.90 Å². The number of morpholine rings is 1. The van der Waals surface area contributed by atoms with Crippen molar-refractivity contribution in [2.45, 2.75) is 18.9 Å². The lowest BCUT2D eigenvalue weighted by Crippen LogP contribution is -2.42. The Morgan fingerprint density at radius 3 is 3.00 bits per heavy atom. The molecule has 1 saturated heterocycles. The Morgan fingerprint density at radius 2 is 2.20 bits per heavy atom. The number of nitrogens with two attached hydrogens (primary N) is 1. The second-order valence-electron chi connectivity index (χ2n) is 5.29. The third kappa shape index (κ3) is 2.78. The predicted molar refractivity (Wildman–Crippen MR) is 74.6 cm³/mol. The van der Waals surface area contributed by atoms with Gasteiger partial charge in [0, 0.05) is 19.1 Å². The molecule has 1 aliphatic carbocycles. The summed E-state index contributed by atoms with van der Waals surface area (Å²) in [6, 6.07) is 6.07. The van der Waals surface area contributed by atoms with Crippen molar-refractivity contribution in [3.05, 3.63) is 29.3 Å². The quantitative estimate of drug-likeness (QED) is 0.889. The molecular weight excluding hydrogens is 256 g/mol. The number of ether oxygens (including phenoxy) is 2. The topological polar surface area (TPSA) is 64.8 Å². The normalized spacial score (nSPS) is 21.6. The van der Waals surface area contributed by atoms with Crippen LogP contribution in [0.25, 0.3) is 0 Å². The molecule has 20 heavy (non-hydrogen) atoms. The third-order valence-electron chi connectivity index (χ3n) is 3.96. The number of hydrogen-bond acceptors (Lipinski definition) is 4. The van der Waals surface area contributed by atoms with E-state index in [0.29, 0.717) is 26.3 Å². The van der Waals surface area contributed by atoms with Crippen LogP contribution in [0, 0.1) is 0 Å². The van der Waals surface area contributed by atoms with E-state index in [1.54, 1.807) is 4.90 Å². The molecule has 0 unspecified atom stereocenters. The smallest absolute Gasteiger partial charge is 0.260 e. The van der Waals surface area contributed by atoms with Gasteiger partial charge in [-0.15, -0.1) is 0 Å². The molecule has 1 aromatic rings. The van der Waals surface area contributed by atoms with E-state index in [-0.39, 0.29) is 18.6 Å². The SMILES string of the molecule is N[C@H]1CCc2cc(OCC(=O)N3CCOCC3)ccc21. The standard InChI is InChI=1S/C15H20N2O3/c16-14-4-1-11-9-12(2-3-13(11)14)20-10-15(18)17-5-7-19-8-6-17/h2-3,9,14H,1,4-8,10,16H2/t14-/m0/s1. The Morgan fingerprint density at radius 1 is 1.40 bits per heavy atom. The van der Waals surface area contributed by atoms with E-state index >= 15 is 0 Å². The Kier molecular flexibility index (Phi) is 3.89. The third-order valence-corrected chi connectivity index (χ3v) is 3.96. The minimum absolute atomic E-state index is 0.0190. The van der Waals surface area contributed by atoms with Crippen LogP contribution in [0.5, 0.6) is 5.75 Å². The minimum atomic E-state index is 0.0190. The van der Waals surface area contributed by atoms with E-state index in [1.165, 1.54) is 11.1 Å². The summed E-state index contributed by atoms with van der Waals surface area (Å²) in [6.45, 7) is 2.62. The highest BCUT2D eigenvalue weighted by molar-refractivity contribution is 5.77. The summed E-state index contributed by atoms with van der Waals surface area (Å²) in [5.41, 5.74) is 8.45. The highest BCUT2D eigenvalue weighted by Crippen LogP contribution is 2.31. The van der Waals surface area contributed by atoms with Crippen molar-refractivity contribution >= 4 is 5.91 Å². The molecule has 0 aromatic heterocycles. The molecule has 0 saturated carbocycles. The number of rotatable bonds is 3. The molecule has 108 valence electrons. The van der Waals surface area contributed by atoms with Crippen LogP contribution in [0.4, 0.5) is 0 Å². The number of nitrogens with zero attached hydrogens (tertiary/aromatic N) is 1. The van der Waals surface area contributed by atoms with Crippen LogP contribution in [-0.2, 0) is 16.0 Å². The second-order valence-corrected chi connectivity index (χ2v) is 5.29. The predicted octanol–water partition coefficient (Wildman–Crippen LogP) is 0.870. The average Bonchev–Trinajstić information content (AvgIpc) is 2.87. The maximum Gasteiger partial charge on any atom is 0.260 e. The van der Waals surface area contributed by atoms with Crippen molar-refractivity contribution in [1.29, 1.82) is 0 Å². The first-order chi connectivity index (χ1) is 9.74. The molecule has 0 spiro atoms. The molecule has 1 fully saturated rings. The highest BCUT2D eigenvalue weighted by Gasteiger charge is 2.20. The van der Waals surface area contributed by atoms with Gasteiger partial charge in [-0.3, -0.25) is 4.79 Å². The van der Waals surface area contributed by atoms with Gasteiger partial charge >= 0.3 is 0 Å². The Balaban J connectivity index is 1.57. The number of carbonyl (C=O) groups is 1. The van der Waals surface area contributed by atoms with Gasteiger partial charge in [0.15, 0.2) is 6.61 Å². The van der Waals surface area contributed by atoms with Gasteiger partial charge in [-0.2, -0.15) is 0 Å². The van der Waals surface area contributed by atoms with E-state index in [4.69, 9.17) is 15.2 Å². The van der Waals surface area contributed by atoms with Gasteiger partial charge in [0.1, 0.15) is 5.75 Å². The highest BCUT2D eigenvalue weighted by atomic mass is 16.5.